The molecule has 0 saturated heterocycles. The predicted molar refractivity (Wildman–Crippen MR) is 107 cm³/mol. The van der Waals surface area contributed by atoms with Crippen LogP contribution in [0.1, 0.15) is 11.4 Å². The zero-order valence-corrected chi connectivity index (χ0v) is 15.5. The highest BCUT2D eigenvalue weighted by Crippen LogP contribution is 2.17. The topological polar surface area (TPSA) is 101 Å². The summed E-state index contributed by atoms with van der Waals surface area (Å²) in [5.41, 5.74) is 2.04. The van der Waals surface area contributed by atoms with Crippen molar-refractivity contribution in [2.45, 2.75) is 13.3 Å². The lowest BCUT2D eigenvalue weighted by Gasteiger charge is -2.09. The maximum absolute atomic E-state index is 12.2. The third-order valence-corrected chi connectivity index (χ3v) is 4.34. The Morgan fingerprint density at radius 3 is 2.93 bits per heavy atom. The number of fused-ring (bicyclic) bond motifs is 1. The van der Waals surface area contributed by atoms with Crippen LogP contribution in [0.15, 0.2) is 55.0 Å². The maximum Gasteiger partial charge on any atom is 0.224 e. The summed E-state index contributed by atoms with van der Waals surface area (Å²) in [5.74, 6) is 2.04. The third kappa shape index (κ3) is 4.01. The molecular weight excluding hydrogens is 354 g/mol. The van der Waals surface area contributed by atoms with Crippen molar-refractivity contribution >= 4 is 22.6 Å². The number of nitrogens with one attached hydrogen (secondary N) is 3. The molecule has 3 heterocycles. The Morgan fingerprint density at radius 1 is 1.18 bits per heavy atom. The predicted octanol–water partition coefficient (Wildman–Crippen LogP) is 2.22. The van der Waals surface area contributed by atoms with Gasteiger partial charge in [0.15, 0.2) is 5.82 Å². The number of amides is 1. The SMILES string of the molecule is Cc1nc(NCCNC(=O)Cc2c[nH]c3ccccc23)cc(-n2cccn2)n1. The summed E-state index contributed by atoms with van der Waals surface area (Å²) >= 11 is 0. The molecule has 0 aliphatic rings. The number of carbonyl (C=O) groups is 1. The van der Waals surface area contributed by atoms with Gasteiger partial charge in [-0.25, -0.2) is 14.6 Å². The lowest BCUT2D eigenvalue weighted by molar-refractivity contribution is -0.120. The van der Waals surface area contributed by atoms with E-state index in [-0.39, 0.29) is 5.91 Å². The average Bonchev–Trinajstić information content (AvgIpc) is 3.36. The fraction of sp³-hybridized carbons (Fsp3) is 0.200. The number of carbonyl (C=O) groups excluding carboxylic acids is 1. The van der Waals surface area contributed by atoms with Crippen molar-refractivity contribution in [1.82, 2.24) is 30.0 Å². The first-order valence-electron chi connectivity index (χ1n) is 9.10. The van der Waals surface area contributed by atoms with Crippen molar-refractivity contribution in [3.8, 4) is 5.82 Å². The molecule has 1 amide bonds. The van der Waals surface area contributed by atoms with Gasteiger partial charge in [0, 0.05) is 48.6 Å². The monoisotopic (exact) mass is 375 g/mol. The fourth-order valence-electron chi connectivity index (χ4n) is 3.07. The van der Waals surface area contributed by atoms with Crippen LogP contribution in [0.5, 0.6) is 0 Å². The molecule has 4 aromatic rings. The number of nitrogens with zero attached hydrogens (tertiary/aromatic N) is 4. The number of benzene rings is 1. The number of anilines is 1. The van der Waals surface area contributed by atoms with Crippen molar-refractivity contribution < 1.29 is 4.79 Å². The van der Waals surface area contributed by atoms with Crippen LogP contribution in [0.25, 0.3) is 16.7 Å². The molecule has 3 N–H and O–H groups in total. The molecule has 0 spiro atoms. The van der Waals surface area contributed by atoms with Gasteiger partial charge in [-0.1, -0.05) is 18.2 Å². The van der Waals surface area contributed by atoms with Crippen molar-refractivity contribution in [1.29, 1.82) is 0 Å². The Kier molecular flexibility index (Phi) is 5.01. The average molecular weight is 375 g/mol. The summed E-state index contributed by atoms with van der Waals surface area (Å²) < 4.78 is 1.68. The molecule has 0 fully saturated rings. The highest BCUT2D eigenvalue weighted by Gasteiger charge is 2.08. The van der Waals surface area contributed by atoms with Gasteiger partial charge >= 0.3 is 0 Å². The molecular formula is C20H21N7O. The van der Waals surface area contributed by atoms with Gasteiger partial charge in [0.05, 0.1) is 6.42 Å². The van der Waals surface area contributed by atoms with E-state index in [2.05, 4.69) is 30.7 Å². The van der Waals surface area contributed by atoms with E-state index >= 15 is 0 Å². The fourth-order valence-corrected chi connectivity index (χ4v) is 3.07. The van der Waals surface area contributed by atoms with Crippen LogP contribution in [0, 0.1) is 6.92 Å². The van der Waals surface area contributed by atoms with E-state index in [9.17, 15) is 4.79 Å². The smallest absolute Gasteiger partial charge is 0.224 e. The number of H-pyrrole nitrogens is 1. The van der Waals surface area contributed by atoms with Gasteiger partial charge in [0.2, 0.25) is 5.91 Å². The second kappa shape index (κ2) is 7.91. The van der Waals surface area contributed by atoms with Crippen LogP contribution >= 0.6 is 0 Å². The minimum absolute atomic E-state index is 0.0114. The Bertz CT molecular complexity index is 1090. The highest BCUT2D eigenvalue weighted by atomic mass is 16.1. The van der Waals surface area contributed by atoms with E-state index in [0.717, 1.165) is 16.5 Å². The summed E-state index contributed by atoms with van der Waals surface area (Å²) in [6.07, 6.45) is 5.77. The number of hydrogen-bond acceptors (Lipinski definition) is 5. The molecule has 0 unspecified atom stereocenters. The van der Waals surface area contributed by atoms with Crippen LogP contribution in [0.4, 0.5) is 5.82 Å². The first kappa shape index (κ1) is 17.7. The van der Waals surface area contributed by atoms with E-state index in [1.807, 2.05) is 55.7 Å². The maximum atomic E-state index is 12.2. The molecule has 0 aliphatic carbocycles. The second-order valence-electron chi connectivity index (χ2n) is 6.42. The molecule has 0 atom stereocenters. The molecule has 4 rings (SSSR count). The number of rotatable bonds is 7. The molecule has 3 aromatic heterocycles. The molecule has 142 valence electrons. The summed E-state index contributed by atoms with van der Waals surface area (Å²) in [7, 11) is 0. The number of hydrogen-bond donors (Lipinski definition) is 3. The highest BCUT2D eigenvalue weighted by molar-refractivity contribution is 5.88. The lowest BCUT2D eigenvalue weighted by atomic mass is 10.1. The van der Waals surface area contributed by atoms with Gasteiger partial charge in [0.25, 0.3) is 0 Å². The first-order chi connectivity index (χ1) is 13.7. The van der Waals surface area contributed by atoms with E-state index in [0.29, 0.717) is 37.0 Å². The van der Waals surface area contributed by atoms with Gasteiger partial charge in [-0.2, -0.15) is 5.10 Å². The van der Waals surface area contributed by atoms with Crippen molar-refractivity contribution in [3.05, 3.63) is 66.4 Å². The van der Waals surface area contributed by atoms with Crippen molar-refractivity contribution in [2.24, 2.45) is 0 Å². The van der Waals surface area contributed by atoms with E-state index in [1.54, 1.807) is 10.9 Å². The van der Waals surface area contributed by atoms with Gasteiger partial charge in [-0.3, -0.25) is 4.79 Å². The summed E-state index contributed by atoms with van der Waals surface area (Å²) in [4.78, 5) is 24.2. The van der Waals surface area contributed by atoms with Crippen LogP contribution in [0.2, 0.25) is 0 Å². The Morgan fingerprint density at radius 2 is 2.07 bits per heavy atom. The van der Waals surface area contributed by atoms with Gasteiger partial charge in [0.1, 0.15) is 11.6 Å². The molecule has 0 bridgehead atoms. The zero-order valence-electron chi connectivity index (χ0n) is 15.5. The quantitative estimate of drug-likeness (QED) is 0.430. The summed E-state index contributed by atoms with van der Waals surface area (Å²) in [6.45, 7) is 2.90. The molecule has 28 heavy (non-hydrogen) atoms. The van der Waals surface area contributed by atoms with Gasteiger partial charge < -0.3 is 15.6 Å². The largest absolute Gasteiger partial charge is 0.368 e. The minimum Gasteiger partial charge on any atom is -0.368 e. The lowest BCUT2D eigenvalue weighted by Crippen LogP contribution is -2.30. The molecule has 0 aliphatic heterocycles. The van der Waals surface area contributed by atoms with Crippen LogP contribution in [-0.2, 0) is 11.2 Å². The molecule has 8 heteroatoms. The number of para-hydroxylation sites is 1. The first-order valence-corrected chi connectivity index (χ1v) is 9.10. The Hall–Kier alpha value is -3.68. The molecule has 0 radical (unpaired) electrons. The Labute approximate surface area is 162 Å². The van der Waals surface area contributed by atoms with E-state index in [4.69, 9.17) is 0 Å². The van der Waals surface area contributed by atoms with Gasteiger partial charge in [-0.05, 0) is 24.6 Å². The molecule has 8 nitrogen and oxygen atoms in total. The van der Waals surface area contributed by atoms with Crippen LogP contribution in [0.3, 0.4) is 0 Å². The van der Waals surface area contributed by atoms with E-state index < -0.39 is 0 Å². The van der Waals surface area contributed by atoms with E-state index in [1.165, 1.54) is 0 Å². The second-order valence-corrected chi connectivity index (χ2v) is 6.42. The minimum atomic E-state index is -0.0114. The Balaban J connectivity index is 1.29. The zero-order chi connectivity index (χ0) is 19.3. The number of aryl methyl sites for hydroxylation is 1. The standard InChI is InChI=1S/C20H21N7O/c1-14-25-18(12-19(26-14)27-10-4-7-24-27)21-8-9-22-20(28)11-15-13-23-17-6-3-2-5-16(15)17/h2-7,10,12-13,23H,8-9,11H2,1H3,(H,22,28)(H,21,25,26). The van der Waals surface area contributed by atoms with Crippen LogP contribution in [-0.4, -0.2) is 43.7 Å². The van der Waals surface area contributed by atoms with Crippen molar-refractivity contribution in [3.63, 3.8) is 0 Å². The number of aromatic amines is 1. The van der Waals surface area contributed by atoms with Gasteiger partial charge in [-0.15, -0.1) is 0 Å². The number of aromatic nitrogens is 5. The third-order valence-electron chi connectivity index (χ3n) is 4.34. The normalized spacial score (nSPS) is 10.9. The van der Waals surface area contributed by atoms with Crippen LogP contribution < -0.4 is 10.6 Å². The summed E-state index contributed by atoms with van der Waals surface area (Å²) in [5, 5.41) is 11.4. The molecule has 1 aromatic carbocycles. The summed E-state index contributed by atoms with van der Waals surface area (Å²) in [6, 6.07) is 11.6. The van der Waals surface area contributed by atoms with Crippen molar-refractivity contribution in [2.75, 3.05) is 18.4 Å². The molecule has 0 saturated carbocycles.